The van der Waals surface area contributed by atoms with Crippen LogP contribution < -0.4 is 0 Å². The van der Waals surface area contributed by atoms with Crippen molar-refractivity contribution in [2.75, 3.05) is 6.61 Å². The minimum absolute atomic E-state index is 0.0128. The van der Waals surface area contributed by atoms with E-state index in [1.54, 1.807) is 0 Å². The zero-order valence-electron chi connectivity index (χ0n) is 11.4. The van der Waals surface area contributed by atoms with Gasteiger partial charge in [0.2, 0.25) is 0 Å². The topological polar surface area (TPSA) is 66.8 Å². The maximum Gasteiger partial charge on any atom is 0.330 e. The maximum atomic E-state index is 11.5. The molecule has 0 amide bonds. The molecule has 2 aromatic carbocycles. The molecule has 2 N–H and O–H groups in total. The van der Waals surface area contributed by atoms with E-state index in [1.807, 2.05) is 30.3 Å². The first-order valence-electron chi connectivity index (χ1n) is 6.56. The molecule has 0 heterocycles. The van der Waals surface area contributed by atoms with Crippen LogP contribution in [0.5, 0.6) is 11.5 Å². The van der Waals surface area contributed by atoms with Crippen molar-refractivity contribution in [3.05, 3.63) is 65.7 Å². The third-order valence-electron chi connectivity index (χ3n) is 2.89. The molecule has 108 valence electrons. The van der Waals surface area contributed by atoms with E-state index < -0.39 is 5.97 Å². The summed E-state index contributed by atoms with van der Waals surface area (Å²) in [6, 6.07) is 13.8. The first kappa shape index (κ1) is 14.7. The summed E-state index contributed by atoms with van der Waals surface area (Å²) >= 11 is 0. The van der Waals surface area contributed by atoms with Crippen LogP contribution in [0.2, 0.25) is 0 Å². The number of phenols is 2. The molecule has 2 rings (SSSR count). The van der Waals surface area contributed by atoms with Gasteiger partial charge in [-0.1, -0.05) is 30.3 Å². The van der Waals surface area contributed by atoms with Crippen LogP contribution >= 0.6 is 0 Å². The van der Waals surface area contributed by atoms with Crippen molar-refractivity contribution in [1.82, 2.24) is 0 Å². The molecule has 0 aromatic heterocycles. The number of phenolic OH excluding ortho intramolecular Hbond substituents is 2. The molecule has 0 saturated heterocycles. The van der Waals surface area contributed by atoms with Gasteiger partial charge in [-0.3, -0.25) is 0 Å². The van der Waals surface area contributed by atoms with Gasteiger partial charge in [0.1, 0.15) is 11.5 Å². The van der Waals surface area contributed by atoms with Gasteiger partial charge in [0.15, 0.2) is 0 Å². The fourth-order valence-corrected chi connectivity index (χ4v) is 1.80. The number of hydrogen-bond donors (Lipinski definition) is 2. The highest BCUT2D eigenvalue weighted by Gasteiger charge is 2.01. The number of rotatable bonds is 5. The van der Waals surface area contributed by atoms with E-state index in [9.17, 15) is 15.0 Å². The van der Waals surface area contributed by atoms with E-state index in [1.165, 1.54) is 30.4 Å². The Hall–Kier alpha value is -2.75. The van der Waals surface area contributed by atoms with Gasteiger partial charge in [-0.05, 0) is 29.8 Å². The van der Waals surface area contributed by atoms with E-state index in [-0.39, 0.29) is 11.5 Å². The molecule has 0 saturated carbocycles. The van der Waals surface area contributed by atoms with E-state index in [0.29, 0.717) is 18.6 Å². The molecule has 0 unspecified atom stereocenters. The predicted molar refractivity (Wildman–Crippen MR) is 79.9 cm³/mol. The van der Waals surface area contributed by atoms with Crippen molar-refractivity contribution >= 4 is 12.0 Å². The first-order chi connectivity index (χ1) is 10.1. The molecular weight excluding hydrogens is 268 g/mol. The van der Waals surface area contributed by atoms with Crippen molar-refractivity contribution < 1.29 is 19.7 Å². The lowest BCUT2D eigenvalue weighted by atomic mass is 10.1. The second-order valence-electron chi connectivity index (χ2n) is 4.48. The summed E-state index contributed by atoms with van der Waals surface area (Å²) in [6.45, 7) is 0.291. The summed E-state index contributed by atoms with van der Waals surface area (Å²) in [5.74, 6) is -0.486. The molecule has 0 aliphatic rings. The number of esters is 1. The lowest BCUT2D eigenvalue weighted by Crippen LogP contribution is -2.04. The summed E-state index contributed by atoms with van der Waals surface area (Å²) in [5, 5.41) is 18.9. The highest BCUT2D eigenvalue weighted by molar-refractivity contribution is 5.87. The van der Waals surface area contributed by atoms with E-state index in [0.717, 1.165) is 5.56 Å². The second kappa shape index (κ2) is 7.14. The van der Waals surface area contributed by atoms with Crippen molar-refractivity contribution in [2.24, 2.45) is 0 Å². The van der Waals surface area contributed by atoms with Gasteiger partial charge < -0.3 is 14.9 Å². The molecule has 0 atom stereocenters. The summed E-state index contributed by atoms with van der Waals surface area (Å²) in [5.41, 5.74) is 1.45. The lowest BCUT2D eigenvalue weighted by molar-refractivity contribution is -0.137. The number of carbonyl (C=O) groups excluding carboxylic acids is 1. The van der Waals surface area contributed by atoms with E-state index >= 15 is 0 Å². The average Bonchev–Trinajstić information content (AvgIpc) is 2.49. The number of aromatic hydroxyl groups is 2. The molecule has 0 radical (unpaired) electrons. The van der Waals surface area contributed by atoms with Crippen molar-refractivity contribution in [3.63, 3.8) is 0 Å². The zero-order valence-corrected chi connectivity index (χ0v) is 11.4. The number of carbonyl (C=O) groups is 1. The molecular formula is C17H16O4. The Balaban J connectivity index is 1.84. The fraction of sp³-hybridized carbons (Fsp3) is 0.118. The molecule has 4 nitrogen and oxygen atoms in total. The van der Waals surface area contributed by atoms with Gasteiger partial charge in [-0.2, -0.15) is 0 Å². The van der Waals surface area contributed by atoms with Crippen molar-refractivity contribution in [3.8, 4) is 11.5 Å². The van der Waals surface area contributed by atoms with Gasteiger partial charge in [0.25, 0.3) is 0 Å². The Bertz CT molecular complexity index is 632. The van der Waals surface area contributed by atoms with Crippen LogP contribution in [0.4, 0.5) is 0 Å². The Kier molecular flexibility index (Phi) is 4.99. The highest BCUT2D eigenvalue weighted by Crippen LogP contribution is 2.23. The smallest absolute Gasteiger partial charge is 0.330 e. The van der Waals surface area contributed by atoms with E-state index in [4.69, 9.17) is 4.74 Å². The molecule has 0 aliphatic heterocycles. The maximum absolute atomic E-state index is 11.5. The van der Waals surface area contributed by atoms with Crippen LogP contribution in [0.25, 0.3) is 6.08 Å². The lowest BCUT2D eigenvalue weighted by Gasteiger charge is -2.02. The Morgan fingerprint density at radius 2 is 1.86 bits per heavy atom. The van der Waals surface area contributed by atoms with Crippen LogP contribution in [0.3, 0.4) is 0 Å². The van der Waals surface area contributed by atoms with Gasteiger partial charge in [0, 0.05) is 18.1 Å². The molecule has 0 spiro atoms. The van der Waals surface area contributed by atoms with Crippen LogP contribution in [0.15, 0.2) is 54.6 Å². The predicted octanol–water partition coefficient (Wildman–Crippen LogP) is 2.90. The Morgan fingerprint density at radius 1 is 1.10 bits per heavy atom. The van der Waals surface area contributed by atoms with Crippen LogP contribution in [0.1, 0.15) is 11.1 Å². The molecule has 2 aromatic rings. The molecule has 0 bridgehead atoms. The number of benzene rings is 2. The van der Waals surface area contributed by atoms with Crippen LogP contribution in [-0.4, -0.2) is 22.8 Å². The van der Waals surface area contributed by atoms with Gasteiger partial charge in [-0.25, -0.2) is 4.79 Å². The largest absolute Gasteiger partial charge is 0.508 e. The van der Waals surface area contributed by atoms with Crippen molar-refractivity contribution in [1.29, 1.82) is 0 Å². The van der Waals surface area contributed by atoms with Crippen LogP contribution in [-0.2, 0) is 16.0 Å². The third-order valence-corrected chi connectivity index (χ3v) is 2.89. The molecule has 21 heavy (non-hydrogen) atoms. The first-order valence-corrected chi connectivity index (χ1v) is 6.56. The van der Waals surface area contributed by atoms with Crippen molar-refractivity contribution in [2.45, 2.75) is 6.42 Å². The monoisotopic (exact) mass is 284 g/mol. The zero-order chi connectivity index (χ0) is 15.1. The standard InChI is InChI=1S/C17H16O4/c18-15-7-8-16(19)14(12-15)6-9-17(20)21-11-10-13-4-2-1-3-5-13/h1-9,12,18-19H,10-11H2. The summed E-state index contributed by atoms with van der Waals surface area (Å²) in [4.78, 5) is 11.5. The normalized spacial score (nSPS) is 10.7. The number of ether oxygens (including phenoxy) is 1. The van der Waals surface area contributed by atoms with Gasteiger partial charge >= 0.3 is 5.97 Å². The average molecular weight is 284 g/mol. The Morgan fingerprint density at radius 3 is 2.62 bits per heavy atom. The third kappa shape index (κ3) is 4.69. The summed E-state index contributed by atoms with van der Waals surface area (Å²) in [6.07, 6.45) is 3.27. The summed E-state index contributed by atoms with van der Waals surface area (Å²) in [7, 11) is 0. The minimum Gasteiger partial charge on any atom is -0.508 e. The SMILES string of the molecule is O=C(C=Cc1cc(O)ccc1O)OCCc1ccccc1. The number of hydrogen-bond acceptors (Lipinski definition) is 4. The van der Waals surface area contributed by atoms with Crippen LogP contribution in [0, 0.1) is 0 Å². The molecule has 0 fully saturated rings. The summed E-state index contributed by atoms with van der Waals surface area (Å²) < 4.78 is 5.07. The fourth-order valence-electron chi connectivity index (χ4n) is 1.80. The molecule has 4 heteroatoms. The van der Waals surface area contributed by atoms with E-state index in [2.05, 4.69) is 0 Å². The second-order valence-corrected chi connectivity index (χ2v) is 4.48. The van der Waals surface area contributed by atoms with Gasteiger partial charge in [0.05, 0.1) is 6.61 Å². The highest BCUT2D eigenvalue weighted by atomic mass is 16.5. The quantitative estimate of drug-likeness (QED) is 0.503. The Labute approximate surface area is 122 Å². The van der Waals surface area contributed by atoms with Gasteiger partial charge in [-0.15, -0.1) is 0 Å². The molecule has 0 aliphatic carbocycles. The minimum atomic E-state index is -0.492.